The van der Waals surface area contributed by atoms with Gasteiger partial charge in [0.15, 0.2) is 6.10 Å². The summed E-state index contributed by atoms with van der Waals surface area (Å²) < 4.78 is 92.5. The second-order valence-corrected chi connectivity index (χ2v) is 4.02. The number of hydrogen-bond acceptors (Lipinski definition) is 3. The fourth-order valence-corrected chi connectivity index (χ4v) is 1.10. The van der Waals surface area contributed by atoms with Crippen molar-refractivity contribution < 1.29 is 45.4 Å². The maximum Gasteiger partial charge on any atom is 0.429 e. The Morgan fingerprint density at radius 3 is 1.85 bits per heavy atom. The maximum atomic E-state index is 13.5. The molecule has 0 aliphatic rings. The van der Waals surface area contributed by atoms with E-state index in [0.717, 1.165) is 6.92 Å². The van der Waals surface area contributed by atoms with Gasteiger partial charge < -0.3 is 9.84 Å². The molecule has 0 aromatic heterocycles. The van der Waals surface area contributed by atoms with Crippen LogP contribution in [0.4, 0.5) is 30.7 Å². The van der Waals surface area contributed by atoms with E-state index in [1.165, 1.54) is 0 Å². The summed E-state index contributed by atoms with van der Waals surface area (Å²) in [6.07, 6.45) is -14.1. The molecule has 0 bridgehead atoms. The van der Waals surface area contributed by atoms with Crippen molar-refractivity contribution in [3.63, 3.8) is 0 Å². The molecule has 0 radical (unpaired) electrons. The molecule has 10 heteroatoms. The standard InChI is InChI=1S/C10H11F7O3/c1-4(2)6(18)20-5(3)9(13,14)8(19,7(11)12)10(15,16)17/h5,7,19H,1H2,2-3H3. The third kappa shape index (κ3) is 3.05. The normalized spacial score (nSPS) is 17.6. The molecule has 0 aromatic rings. The van der Waals surface area contributed by atoms with Gasteiger partial charge in [0.25, 0.3) is 12.0 Å². The average molecular weight is 312 g/mol. The quantitative estimate of drug-likeness (QED) is 0.482. The topological polar surface area (TPSA) is 46.5 Å². The van der Waals surface area contributed by atoms with Crippen molar-refractivity contribution in [3.05, 3.63) is 12.2 Å². The highest BCUT2D eigenvalue weighted by Gasteiger charge is 2.76. The van der Waals surface area contributed by atoms with Crippen LogP contribution < -0.4 is 0 Å². The minimum absolute atomic E-state index is 0.250. The lowest BCUT2D eigenvalue weighted by molar-refractivity contribution is -0.378. The summed E-state index contributed by atoms with van der Waals surface area (Å²) in [5.74, 6) is -6.97. The van der Waals surface area contributed by atoms with Gasteiger partial charge in [0.2, 0.25) is 0 Å². The van der Waals surface area contributed by atoms with Crippen molar-refractivity contribution in [2.75, 3.05) is 0 Å². The van der Waals surface area contributed by atoms with Crippen LogP contribution in [0.5, 0.6) is 0 Å². The van der Waals surface area contributed by atoms with E-state index < -0.39 is 41.8 Å². The molecule has 0 aromatic carbocycles. The molecule has 2 unspecified atom stereocenters. The van der Waals surface area contributed by atoms with Crippen molar-refractivity contribution in [3.8, 4) is 0 Å². The Morgan fingerprint density at radius 2 is 1.60 bits per heavy atom. The Balaban J connectivity index is 5.56. The van der Waals surface area contributed by atoms with Gasteiger partial charge in [0.1, 0.15) is 0 Å². The van der Waals surface area contributed by atoms with Gasteiger partial charge >= 0.3 is 18.1 Å². The SMILES string of the molecule is C=C(C)C(=O)OC(C)C(F)(F)C(O)(C(F)F)C(F)(F)F. The molecule has 0 aliphatic carbocycles. The number of alkyl halides is 7. The highest BCUT2D eigenvalue weighted by molar-refractivity contribution is 5.87. The summed E-state index contributed by atoms with van der Waals surface area (Å²) in [6, 6.07) is 0. The Labute approximate surface area is 109 Å². The number of halogens is 7. The van der Waals surface area contributed by atoms with Gasteiger partial charge in [-0.05, 0) is 13.8 Å². The number of rotatable bonds is 5. The third-order valence-corrected chi connectivity index (χ3v) is 2.40. The van der Waals surface area contributed by atoms with Gasteiger partial charge in [-0.2, -0.15) is 22.0 Å². The van der Waals surface area contributed by atoms with E-state index in [9.17, 15) is 35.5 Å². The Hall–Kier alpha value is -1.32. The predicted octanol–water partition coefficient (Wildman–Crippen LogP) is 2.69. The zero-order valence-corrected chi connectivity index (χ0v) is 10.3. The molecule has 20 heavy (non-hydrogen) atoms. The summed E-state index contributed by atoms with van der Waals surface area (Å²) >= 11 is 0. The van der Waals surface area contributed by atoms with Crippen LogP contribution in [0.25, 0.3) is 0 Å². The first-order valence-corrected chi connectivity index (χ1v) is 5.01. The molecule has 1 N–H and O–H groups in total. The van der Waals surface area contributed by atoms with Crippen molar-refractivity contribution in [2.45, 2.75) is 44.1 Å². The lowest BCUT2D eigenvalue weighted by Gasteiger charge is -2.38. The fraction of sp³-hybridized carbons (Fsp3) is 0.700. The van der Waals surface area contributed by atoms with Crippen LogP contribution in [0.3, 0.4) is 0 Å². The van der Waals surface area contributed by atoms with E-state index in [1.807, 2.05) is 0 Å². The first-order valence-electron chi connectivity index (χ1n) is 5.01. The molecule has 0 rings (SSSR count). The molecule has 2 atom stereocenters. The highest BCUT2D eigenvalue weighted by atomic mass is 19.4. The Kier molecular flexibility index (Phi) is 5.22. The smallest absolute Gasteiger partial charge is 0.429 e. The maximum absolute atomic E-state index is 13.5. The molecular formula is C10H11F7O3. The zero-order chi connectivity index (χ0) is 16.5. The van der Waals surface area contributed by atoms with E-state index in [-0.39, 0.29) is 6.92 Å². The number of carbonyl (C=O) groups is 1. The third-order valence-electron chi connectivity index (χ3n) is 2.40. The average Bonchev–Trinajstić information content (AvgIpc) is 2.25. The molecule has 0 amide bonds. The van der Waals surface area contributed by atoms with E-state index >= 15 is 0 Å². The molecule has 0 aliphatic heterocycles. The number of carbonyl (C=O) groups excluding carboxylic acids is 1. The highest BCUT2D eigenvalue weighted by Crippen LogP contribution is 2.48. The van der Waals surface area contributed by atoms with Crippen molar-refractivity contribution in [1.29, 1.82) is 0 Å². The van der Waals surface area contributed by atoms with E-state index in [2.05, 4.69) is 11.3 Å². The van der Waals surface area contributed by atoms with E-state index in [4.69, 9.17) is 5.11 Å². The molecule has 0 spiro atoms. The summed E-state index contributed by atoms with van der Waals surface area (Å²) in [5.41, 5.74) is -6.07. The van der Waals surface area contributed by atoms with Crippen LogP contribution in [-0.2, 0) is 9.53 Å². The van der Waals surface area contributed by atoms with Crippen molar-refractivity contribution in [2.24, 2.45) is 0 Å². The molecule has 3 nitrogen and oxygen atoms in total. The minimum Gasteiger partial charge on any atom is -0.453 e. The molecule has 0 heterocycles. The Morgan fingerprint density at radius 1 is 1.20 bits per heavy atom. The van der Waals surface area contributed by atoms with Crippen molar-refractivity contribution >= 4 is 5.97 Å². The van der Waals surface area contributed by atoms with Crippen LogP contribution in [-0.4, -0.2) is 41.3 Å². The lowest BCUT2D eigenvalue weighted by Crippen LogP contribution is -2.67. The van der Waals surface area contributed by atoms with Gasteiger partial charge in [-0.15, -0.1) is 0 Å². The molecule has 0 saturated heterocycles. The van der Waals surface area contributed by atoms with Crippen LogP contribution in [0.15, 0.2) is 12.2 Å². The molecular weight excluding hydrogens is 301 g/mol. The Bertz CT molecular complexity index is 391. The van der Waals surface area contributed by atoms with Gasteiger partial charge in [-0.1, -0.05) is 6.58 Å². The van der Waals surface area contributed by atoms with Gasteiger partial charge in [0.05, 0.1) is 0 Å². The van der Waals surface area contributed by atoms with Gasteiger partial charge in [-0.25, -0.2) is 13.6 Å². The van der Waals surface area contributed by atoms with Crippen LogP contribution in [0.1, 0.15) is 13.8 Å². The monoisotopic (exact) mass is 312 g/mol. The number of aliphatic hydroxyl groups is 1. The minimum atomic E-state index is -6.34. The van der Waals surface area contributed by atoms with Crippen LogP contribution in [0, 0.1) is 0 Å². The molecule has 0 saturated carbocycles. The second kappa shape index (κ2) is 5.58. The largest absolute Gasteiger partial charge is 0.453 e. The summed E-state index contributed by atoms with van der Waals surface area (Å²) in [4.78, 5) is 10.9. The predicted molar refractivity (Wildman–Crippen MR) is 52.3 cm³/mol. The summed E-state index contributed by atoms with van der Waals surface area (Å²) in [7, 11) is 0. The second-order valence-electron chi connectivity index (χ2n) is 4.02. The summed E-state index contributed by atoms with van der Waals surface area (Å²) in [6.45, 7) is 4.24. The lowest BCUT2D eigenvalue weighted by atomic mass is 9.91. The number of hydrogen-bond donors (Lipinski definition) is 1. The number of ether oxygens (including phenoxy) is 1. The van der Waals surface area contributed by atoms with Crippen LogP contribution >= 0.6 is 0 Å². The van der Waals surface area contributed by atoms with E-state index in [1.54, 1.807) is 0 Å². The van der Waals surface area contributed by atoms with Crippen LogP contribution in [0.2, 0.25) is 0 Å². The zero-order valence-electron chi connectivity index (χ0n) is 10.3. The molecule has 0 fully saturated rings. The van der Waals surface area contributed by atoms with E-state index in [0.29, 0.717) is 0 Å². The van der Waals surface area contributed by atoms with Crippen molar-refractivity contribution in [1.82, 2.24) is 0 Å². The first kappa shape index (κ1) is 18.7. The molecule has 118 valence electrons. The number of esters is 1. The van der Waals surface area contributed by atoms with Gasteiger partial charge in [0, 0.05) is 5.57 Å². The first-order chi connectivity index (χ1) is 8.69. The fourth-order valence-electron chi connectivity index (χ4n) is 1.10. The van der Waals surface area contributed by atoms with Gasteiger partial charge in [-0.3, -0.25) is 0 Å². The summed E-state index contributed by atoms with van der Waals surface area (Å²) in [5, 5.41) is 8.74.